The topological polar surface area (TPSA) is 68.5 Å². The summed E-state index contributed by atoms with van der Waals surface area (Å²) in [6.45, 7) is 2.45. The highest BCUT2D eigenvalue weighted by Gasteiger charge is 2.19. The zero-order valence-corrected chi connectivity index (χ0v) is 11.1. The normalized spacial score (nSPS) is 15.4. The van der Waals surface area contributed by atoms with Gasteiger partial charge in [0.1, 0.15) is 16.5 Å². The molecule has 3 rings (SSSR count). The van der Waals surface area contributed by atoms with Crippen molar-refractivity contribution in [3.63, 3.8) is 0 Å². The van der Waals surface area contributed by atoms with Crippen LogP contribution in [0.15, 0.2) is 35.2 Å². The molecule has 1 aliphatic heterocycles. The summed E-state index contributed by atoms with van der Waals surface area (Å²) < 4.78 is 6.97. The highest BCUT2D eigenvalue weighted by molar-refractivity contribution is 8.04. The summed E-state index contributed by atoms with van der Waals surface area (Å²) in [5.41, 5.74) is 0.691. The van der Waals surface area contributed by atoms with Gasteiger partial charge in [0.15, 0.2) is 5.65 Å². The summed E-state index contributed by atoms with van der Waals surface area (Å²) in [6.07, 6.45) is 3.28. The third-order valence-corrected chi connectivity index (χ3v) is 3.84. The number of allylic oxidation sites excluding steroid dienone is 1. The Morgan fingerprint density at radius 3 is 3.21 bits per heavy atom. The zero-order chi connectivity index (χ0) is 13.2. The average Bonchev–Trinajstić information content (AvgIpc) is 2.88. The Kier molecular flexibility index (Phi) is 3.12. The molecule has 98 valence electrons. The number of nitrogens with one attached hydrogen (secondary N) is 1. The van der Waals surface area contributed by atoms with Crippen molar-refractivity contribution in [3.05, 3.63) is 35.2 Å². The molecular weight excluding hydrogens is 264 g/mol. The first-order valence-corrected chi connectivity index (χ1v) is 6.81. The molecule has 0 aromatic carbocycles. The van der Waals surface area contributed by atoms with Gasteiger partial charge in [-0.1, -0.05) is 0 Å². The fraction of sp³-hybridized carbons (Fsp3) is 0.250. The minimum Gasteiger partial charge on any atom is -0.496 e. The van der Waals surface area contributed by atoms with E-state index in [4.69, 9.17) is 4.74 Å². The van der Waals surface area contributed by atoms with E-state index in [9.17, 15) is 4.79 Å². The lowest BCUT2D eigenvalue weighted by Crippen LogP contribution is -2.20. The van der Waals surface area contributed by atoms with Crippen molar-refractivity contribution in [3.8, 4) is 0 Å². The van der Waals surface area contributed by atoms with Crippen LogP contribution in [0.2, 0.25) is 0 Å². The van der Waals surface area contributed by atoms with Gasteiger partial charge in [0, 0.05) is 18.0 Å². The van der Waals surface area contributed by atoms with Crippen LogP contribution in [-0.2, 0) is 9.53 Å². The standard InChI is InChI=1S/C12H12N4O2S/c1-8-11(19-7-6-18-8)12(17)15-10-2-4-13-9-3-5-14-16(9)10/h2-5H,6-7H2,1H3,(H,15,17). The molecule has 3 heterocycles. The van der Waals surface area contributed by atoms with E-state index in [1.165, 1.54) is 11.8 Å². The maximum Gasteiger partial charge on any atom is 0.266 e. The van der Waals surface area contributed by atoms with Gasteiger partial charge in [-0.3, -0.25) is 4.79 Å². The van der Waals surface area contributed by atoms with Gasteiger partial charge in [0.2, 0.25) is 0 Å². The summed E-state index contributed by atoms with van der Waals surface area (Å²) in [4.78, 5) is 17.0. The van der Waals surface area contributed by atoms with Crippen molar-refractivity contribution in [2.75, 3.05) is 17.7 Å². The molecule has 2 aromatic rings. The van der Waals surface area contributed by atoms with Gasteiger partial charge >= 0.3 is 0 Å². The van der Waals surface area contributed by atoms with Gasteiger partial charge in [-0.25, -0.2) is 4.98 Å². The van der Waals surface area contributed by atoms with Gasteiger partial charge in [-0.2, -0.15) is 9.61 Å². The Morgan fingerprint density at radius 2 is 2.37 bits per heavy atom. The Morgan fingerprint density at radius 1 is 1.47 bits per heavy atom. The number of thioether (sulfide) groups is 1. The number of amides is 1. The number of anilines is 1. The molecule has 0 atom stereocenters. The van der Waals surface area contributed by atoms with Crippen LogP contribution in [0.25, 0.3) is 5.65 Å². The van der Waals surface area contributed by atoms with Crippen LogP contribution >= 0.6 is 11.8 Å². The van der Waals surface area contributed by atoms with Gasteiger partial charge in [-0.05, 0) is 13.0 Å². The first-order chi connectivity index (χ1) is 9.25. The Hall–Kier alpha value is -2.02. The number of aromatic nitrogens is 3. The van der Waals surface area contributed by atoms with Crippen LogP contribution in [0.1, 0.15) is 6.92 Å². The van der Waals surface area contributed by atoms with E-state index in [1.807, 2.05) is 0 Å². The first-order valence-electron chi connectivity index (χ1n) is 5.82. The van der Waals surface area contributed by atoms with Gasteiger partial charge < -0.3 is 10.1 Å². The Bertz CT molecular complexity index is 665. The predicted octanol–water partition coefficient (Wildman–Crippen LogP) is 1.66. The molecule has 0 radical (unpaired) electrons. The third-order valence-electron chi connectivity index (χ3n) is 2.71. The molecule has 2 aromatic heterocycles. The highest BCUT2D eigenvalue weighted by atomic mass is 32.2. The summed E-state index contributed by atoms with van der Waals surface area (Å²) >= 11 is 1.50. The second-order valence-corrected chi connectivity index (χ2v) is 5.07. The van der Waals surface area contributed by atoms with Crippen molar-refractivity contribution < 1.29 is 9.53 Å². The van der Waals surface area contributed by atoms with Crippen LogP contribution in [0.5, 0.6) is 0 Å². The molecule has 0 aliphatic carbocycles. The molecule has 1 amide bonds. The monoisotopic (exact) mass is 276 g/mol. The molecule has 0 unspecified atom stereocenters. The lowest BCUT2D eigenvalue weighted by Gasteiger charge is -2.17. The van der Waals surface area contributed by atoms with Crippen LogP contribution in [0, 0.1) is 0 Å². The van der Waals surface area contributed by atoms with Gasteiger partial charge in [0.25, 0.3) is 5.91 Å². The van der Waals surface area contributed by atoms with E-state index in [1.54, 1.807) is 36.0 Å². The smallest absolute Gasteiger partial charge is 0.266 e. The molecule has 0 saturated heterocycles. The fourth-order valence-corrected chi connectivity index (χ4v) is 2.65. The summed E-state index contributed by atoms with van der Waals surface area (Å²) in [6, 6.07) is 3.49. The second kappa shape index (κ2) is 4.93. The predicted molar refractivity (Wildman–Crippen MR) is 72.7 cm³/mol. The lowest BCUT2D eigenvalue weighted by molar-refractivity contribution is -0.112. The molecule has 6 nitrogen and oxygen atoms in total. The number of carbonyl (C=O) groups is 1. The summed E-state index contributed by atoms with van der Waals surface area (Å²) in [5.74, 6) is 1.87. The SMILES string of the molecule is CC1=C(C(=O)Nc2ccnc3ccnn23)SCCO1. The van der Waals surface area contributed by atoms with Crippen LogP contribution in [0.3, 0.4) is 0 Å². The molecular formula is C12H12N4O2S. The highest BCUT2D eigenvalue weighted by Crippen LogP contribution is 2.26. The van der Waals surface area contributed by atoms with Crippen molar-refractivity contribution in [1.82, 2.24) is 14.6 Å². The van der Waals surface area contributed by atoms with Gasteiger partial charge in [-0.15, -0.1) is 11.8 Å². The summed E-state index contributed by atoms with van der Waals surface area (Å²) in [7, 11) is 0. The van der Waals surface area contributed by atoms with Crippen LogP contribution < -0.4 is 5.32 Å². The molecule has 0 fully saturated rings. The quantitative estimate of drug-likeness (QED) is 0.903. The van der Waals surface area contributed by atoms with Gasteiger partial charge in [0.05, 0.1) is 12.8 Å². The average molecular weight is 276 g/mol. The molecule has 1 aliphatic rings. The van der Waals surface area contributed by atoms with Crippen molar-refractivity contribution in [1.29, 1.82) is 0 Å². The molecule has 7 heteroatoms. The number of hydrogen-bond acceptors (Lipinski definition) is 5. The van der Waals surface area contributed by atoms with Crippen LogP contribution in [-0.4, -0.2) is 32.9 Å². The molecule has 1 N–H and O–H groups in total. The molecule has 0 bridgehead atoms. The lowest BCUT2D eigenvalue weighted by atomic mass is 10.4. The van der Waals surface area contributed by atoms with Crippen molar-refractivity contribution >= 4 is 29.1 Å². The van der Waals surface area contributed by atoms with Crippen molar-refractivity contribution in [2.45, 2.75) is 6.92 Å². The fourth-order valence-electron chi connectivity index (χ4n) is 1.83. The number of fused-ring (bicyclic) bond motifs is 1. The van der Waals surface area contributed by atoms with E-state index in [0.29, 0.717) is 28.7 Å². The Labute approximate surface area is 113 Å². The number of rotatable bonds is 2. The summed E-state index contributed by atoms with van der Waals surface area (Å²) in [5, 5.41) is 6.96. The van der Waals surface area contributed by atoms with Crippen LogP contribution in [0.4, 0.5) is 5.82 Å². The zero-order valence-electron chi connectivity index (χ0n) is 10.3. The van der Waals surface area contributed by atoms with Crippen molar-refractivity contribution in [2.24, 2.45) is 0 Å². The van der Waals surface area contributed by atoms with E-state index in [0.717, 1.165) is 5.75 Å². The van der Waals surface area contributed by atoms with E-state index in [-0.39, 0.29) is 5.91 Å². The molecule has 0 spiro atoms. The Balaban J connectivity index is 1.89. The van der Waals surface area contributed by atoms with E-state index < -0.39 is 0 Å². The molecule has 19 heavy (non-hydrogen) atoms. The third kappa shape index (κ3) is 2.28. The number of carbonyl (C=O) groups excluding carboxylic acids is 1. The second-order valence-electron chi connectivity index (χ2n) is 3.97. The largest absolute Gasteiger partial charge is 0.496 e. The minimum atomic E-state index is -0.176. The number of nitrogens with zero attached hydrogens (tertiary/aromatic N) is 3. The van der Waals surface area contributed by atoms with E-state index in [2.05, 4.69) is 15.4 Å². The number of hydrogen-bond donors (Lipinski definition) is 1. The van der Waals surface area contributed by atoms with E-state index >= 15 is 0 Å². The molecule has 0 saturated carbocycles. The number of ether oxygens (including phenoxy) is 1. The maximum absolute atomic E-state index is 12.2. The first kappa shape index (κ1) is 12.0. The minimum absolute atomic E-state index is 0.176. The maximum atomic E-state index is 12.2.